The molecule has 0 amide bonds. The molecule has 1 aliphatic carbocycles. The first-order valence-corrected chi connectivity index (χ1v) is 8.01. The number of hydrogen-bond acceptors (Lipinski definition) is 5. The second-order valence-electron chi connectivity index (χ2n) is 5.01. The zero-order valence-electron chi connectivity index (χ0n) is 12.0. The molecule has 0 bridgehead atoms. The molecule has 2 heterocycles. The van der Waals surface area contributed by atoms with Gasteiger partial charge in [0.25, 0.3) is 0 Å². The number of nitrogens with two attached hydrogens (primary N) is 1. The van der Waals surface area contributed by atoms with E-state index < -0.39 is 0 Å². The molecular formula is C16H16N2OS2. The summed E-state index contributed by atoms with van der Waals surface area (Å²) in [6.45, 7) is 4.05. The molecule has 2 aromatic rings. The summed E-state index contributed by atoms with van der Waals surface area (Å²) >= 11 is 7.24. The first kappa shape index (κ1) is 14.2. The van der Waals surface area contributed by atoms with Gasteiger partial charge in [0.1, 0.15) is 5.75 Å². The molecule has 0 saturated carbocycles. The van der Waals surface area contributed by atoms with Gasteiger partial charge in [0, 0.05) is 11.1 Å². The Bertz CT molecular complexity index is 747. The van der Waals surface area contributed by atoms with Gasteiger partial charge in [-0.2, -0.15) is 0 Å². The number of thiophene rings is 1. The van der Waals surface area contributed by atoms with Crippen molar-refractivity contribution in [2.45, 2.75) is 26.7 Å². The number of aromatic nitrogens is 1. The summed E-state index contributed by atoms with van der Waals surface area (Å²) in [7, 11) is 0. The van der Waals surface area contributed by atoms with Gasteiger partial charge in [0.2, 0.25) is 0 Å². The van der Waals surface area contributed by atoms with Crippen LogP contribution < -0.4 is 10.5 Å². The van der Waals surface area contributed by atoms with Crippen LogP contribution in [0, 0.1) is 13.8 Å². The third-order valence-electron chi connectivity index (χ3n) is 3.70. The molecule has 0 spiro atoms. The van der Waals surface area contributed by atoms with E-state index in [1.807, 2.05) is 19.1 Å². The Hall–Kier alpha value is -1.72. The Labute approximate surface area is 133 Å². The number of thiocarbonyl (C=S) groups is 1. The summed E-state index contributed by atoms with van der Waals surface area (Å²) in [5.41, 5.74) is 9.93. The molecule has 0 saturated heterocycles. The smallest absolute Gasteiger partial charge is 0.190 e. The largest absolute Gasteiger partial charge is 0.444 e. The lowest BCUT2D eigenvalue weighted by atomic mass is 9.90. The predicted molar refractivity (Wildman–Crippen MR) is 90.4 cm³/mol. The van der Waals surface area contributed by atoms with E-state index in [0.717, 1.165) is 45.3 Å². The minimum absolute atomic E-state index is 0.771. The predicted octanol–water partition coefficient (Wildman–Crippen LogP) is 4.06. The van der Waals surface area contributed by atoms with Crippen molar-refractivity contribution < 1.29 is 4.74 Å². The van der Waals surface area contributed by atoms with Crippen molar-refractivity contribution in [2.75, 3.05) is 0 Å². The van der Waals surface area contributed by atoms with Crippen LogP contribution in [0.1, 0.15) is 28.1 Å². The normalized spacial score (nSPS) is 16.1. The average Bonchev–Trinajstić information content (AvgIpc) is 2.79. The van der Waals surface area contributed by atoms with Crippen molar-refractivity contribution in [3.05, 3.63) is 51.8 Å². The first-order valence-electron chi connectivity index (χ1n) is 6.79. The van der Waals surface area contributed by atoms with Crippen LogP contribution in [0.5, 0.6) is 10.8 Å². The number of nitrogens with zero attached hydrogens (tertiary/aromatic N) is 1. The van der Waals surface area contributed by atoms with E-state index in [1.165, 1.54) is 10.4 Å². The molecule has 0 fully saturated rings. The van der Waals surface area contributed by atoms with E-state index in [1.54, 1.807) is 23.7 Å². The molecule has 5 heteroatoms. The van der Waals surface area contributed by atoms with Crippen molar-refractivity contribution in [2.24, 2.45) is 5.73 Å². The highest BCUT2D eigenvalue weighted by molar-refractivity contribution is 7.81. The Morgan fingerprint density at radius 2 is 2.19 bits per heavy atom. The molecule has 0 aromatic carbocycles. The number of aryl methyl sites for hydroxylation is 2. The second kappa shape index (κ2) is 5.58. The maximum Gasteiger partial charge on any atom is 0.190 e. The van der Waals surface area contributed by atoms with E-state index in [-0.39, 0.29) is 0 Å². The van der Waals surface area contributed by atoms with E-state index in [9.17, 15) is 0 Å². The van der Waals surface area contributed by atoms with Gasteiger partial charge in [-0.1, -0.05) is 12.2 Å². The zero-order valence-corrected chi connectivity index (χ0v) is 13.6. The lowest BCUT2D eigenvalue weighted by Gasteiger charge is -2.18. The van der Waals surface area contributed by atoms with Crippen molar-refractivity contribution in [3.63, 3.8) is 0 Å². The highest BCUT2D eigenvalue weighted by Gasteiger charge is 2.27. The third-order valence-corrected chi connectivity index (χ3v) is 5.19. The van der Waals surface area contributed by atoms with Gasteiger partial charge in [-0.25, -0.2) is 0 Å². The Kier molecular flexibility index (Phi) is 3.78. The van der Waals surface area contributed by atoms with Crippen molar-refractivity contribution >= 4 is 28.4 Å². The van der Waals surface area contributed by atoms with Crippen LogP contribution in [0.25, 0.3) is 0 Å². The fraction of sp³-hybridized carbons (Fsp3) is 0.250. The summed E-state index contributed by atoms with van der Waals surface area (Å²) in [5.74, 6) is 0.771. The van der Waals surface area contributed by atoms with Crippen molar-refractivity contribution in [1.29, 1.82) is 0 Å². The van der Waals surface area contributed by atoms with Crippen LogP contribution in [0.2, 0.25) is 0 Å². The van der Waals surface area contributed by atoms with Gasteiger partial charge < -0.3 is 10.5 Å². The number of hydrogen-bond donors (Lipinski definition) is 1. The molecule has 108 valence electrons. The number of pyridine rings is 1. The first-order chi connectivity index (χ1) is 10.1. The molecular weight excluding hydrogens is 300 g/mol. The maximum absolute atomic E-state index is 6.09. The quantitative estimate of drug-likeness (QED) is 0.670. The SMILES string of the molecule is Cc1ncccc1Oc1sc(C)c2c1C(=S)C(=CN)CC2. The summed E-state index contributed by atoms with van der Waals surface area (Å²) in [6.07, 6.45) is 5.26. The van der Waals surface area contributed by atoms with Crippen molar-refractivity contribution in [3.8, 4) is 10.8 Å². The van der Waals surface area contributed by atoms with Crippen LogP contribution in [0.3, 0.4) is 0 Å². The zero-order chi connectivity index (χ0) is 15.0. The van der Waals surface area contributed by atoms with Gasteiger partial charge in [0.05, 0.1) is 16.1 Å². The highest BCUT2D eigenvalue weighted by atomic mass is 32.1. The van der Waals surface area contributed by atoms with Crippen LogP contribution in [0.15, 0.2) is 30.1 Å². The number of ether oxygens (including phenoxy) is 1. The Morgan fingerprint density at radius 3 is 2.90 bits per heavy atom. The molecule has 2 aromatic heterocycles. The third kappa shape index (κ3) is 2.47. The standard InChI is InChI=1S/C16H16N2OS2/c1-9-13(4-3-7-18-9)19-16-14-12(10(2)21-16)6-5-11(8-17)15(14)20/h3-4,7-8H,5-6,17H2,1-2H3. The minimum atomic E-state index is 0.771. The summed E-state index contributed by atoms with van der Waals surface area (Å²) < 4.78 is 6.09. The van der Waals surface area contributed by atoms with E-state index >= 15 is 0 Å². The van der Waals surface area contributed by atoms with Gasteiger partial charge in [0.15, 0.2) is 5.06 Å². The van der Waals surface area contributed by atoms with Gasteiger partial charge >= 0.3 is 0 Å². The number of rotatable bonds is 2. The molecule has 0 atom stereocenters. The van der Waals surface area contributed by atoms with Gasteiger partial charge in [-0.3, -0.25) is 4.98 Å². The number of allylic oxidation sites excluding steroid dienone is 1. The van der Waals surface area contributed by atoms with Crippen LogP contribution in [-0.2, 0) is 6.42 Å². The summed E-state index contributed by atoms with van der Waals surface area (Å²) in [4.78, 5) is 6.34. The topological polar surface area (TPSA) is 48.1 Å². The summed E-state index contributed by atoms with van der Waals surface area (Å²) in [5, 5.41) is 0.850. The van der Waals surface area contributed by atoms with Crippen LogP contribution in [0.4, 0.5) is 0 Å². The summed E-state index contributed by atoms with van der Waals surface area (Å²) in [6, 6.07) is 3.80. The molecule has 0 unspecified atom stereocenters. The van der Waals surface area contributed by atoms with Crippen molar-refractivity contribution in [1.82, 2.24) is 4.98 Å². The highest BCUT2D eigenvalue weighted by Crippen LogP contribution is 2.43. The average molecular weight is 316 g/mol. The second-order valence-corrected chi connectivity index (χ2v) is 6.60. The Balaban J connectivity index is 2.06. The lowest BCUT2D eigenvalue weighted by molar-refractivity contribution is 0.488. The van der Waals surface area contributed by atoms with Gasteiger partial charge in [-0.05, 0) is 56.2 Å². The fourth-order valence-electron chi connectivity index (χ4n) is 2.52. The molecule has 0 radical (unpaired) electrons. The van der Waals surface area contributed by atoms with E-state index in [2.05, 4.69) is 11.9 Å². The molecule has 3 rings (SSSR count). The van der Waals surface area contributed by atoms with E-state index in [0.29, 0.717) is 0 Å². The molecule has 3 nitrogen and oxygen atoms in total. The minimum Gasteiger partial charge on any atom is -0.444 e. The lowest BCUT2D eigenvalue weighted by Crippen LogP contribution is -2.14. The monoisotopic (exact) mass is 316 g/mol. The fourth-order valence-corrected chi connectivity index (χ4v) is 4.04. The number of fused-ring (bicyclic) bond motifs is 1. The molecule has 1 aliphatic rings. The maximum atomic E-state index is 6.09. The molecule has 2 N–H and O–H groups in total. The molecule has 0 aliphatic heterocycles. The Morgan fingerprint density at radius 1 is 1.38 bits per heavy atom. The van der Waals surface area contributed by atoms with E-state index in [4.69, 9.17) is 22.7 Å². The van der Waals surface area contributed by atoms with Crippen LogP contribution in [-0.4, -0.2) is 9.85 Å². The molecule has 21 heavy (non-hydrogen) atoms. The van der Waals surface area contributed by atoms with Gasteiger partial charge in [-0.15, -0.1) is 11.3 Å². The van der Waals surface area contributed by atoms with Crippen LogP contribution >= 0.6 is 23.6 Å².